The van der Waals surface area contributed by atoms with Crippen LogP contribution in [-0.4, -0.2) is 17.8 Å². The molecule has 4 heteroatoms. The molecule has 18 heavy (non-hydrogen) atoms. The number of nitrogens with one attached hydrogen (secondary N) is 1. The van der Waals surface area contributed by atoms with E-state index in [1.807, 2.05) is 6.92 Å². The van der Waals surface area contributed by atoms with Gasteiger partial charge in [-0.25, -0.2) is 0 Å². The van der Waals surface area contributed by atoms with Gasteiger partial charge in [0, 0.05) is 22.5 Å². The summed E-state index contributed by atoms with van der Waals surface area (Å²) in [5, 5.41) is 3.71. The second kappa shape index (κ2) is 5.94. The van der Waals surface area contributed by atoms with Crippen LogP contribution < -0.4 is 5.32 Å². The van der Waals surface area contributed by atoms with Crippen LogP contribution in [0.5, 0.6) is 0 Å². The first kappa shape index (κ1) is 13.7. The average Bonchev–Trinajstić information content (AvgIpc) is 2.79. The highest BCUT2D eigenvalue weighted by Crippen LogP contribution is 2.27. The lowest BCUT2D eigenvalue weighted by molar-refractivity contribution is 0.0929. The Kier molecular flexibility index (Phi) is 4.52. The number of hydrogen-bond donors (Lipinski definition) is 1. The monoisotopic (exact) mass is 285 g/mol. The first-order valence-corrected chi connectivity index (χ1v) is 7.16. The molecule has 0 saturated heterocycles. The molecule has 2 unspecified atom stereocenters. The Morgan fingerprint density at radius 2 is 2.22 bits per heavy atom. The van der Waals surface area contributed by atoms with Crippen molar-refractivity contribution >= 4 is 29.1 Å². The van der Waals surface area contributed by atoms with E-state index in [2.05, 4.69) is 5.32 Å². The van der Waals surface area contributed by atoms with Gasteiger partial charge in [-0.1, -0.05) is 24.1 Å². The Morgan fingerprint density at radius 1 is 1.44 bits per heavy atom. The molecule has 0 heterocycles. The van der Waals surface area contributed by atoms with Crippen molar-refractivity contribution in [3.63, 3.8) is 0 Å². The van der Waals surface area contributed by atoms with Crippen LogP contribution in [0.4, 0.5) is 0 Å². The van der Waals surface area contributed by atoms with Gasteiger partial charge in [0.15, 0.2) is 0 Å². The number of benzene rings is 1. The fraction of sp³-hybridized carbons (Fsp3) is 0.500. The van der Waals surface area contributed by atoms with Gasteiger partial charge in [0.25, 0.3) is 5.91 Å². The summed E-state index contributed by atoms with van der Waals surface area (Å²) in [6, 6.07) is 5.61. The molecule has 0 radical (unpaired) electrons. The normalized spacial score (nSPS) is 23.1. The molecule has 2 rings (SSSR count). The summed E-state index contributed by atoms with van der Waals surface area (Å²) in [5.41, 5.74) is 1.49. The van der Waals surface area contributed by atoms with E-state index in [9.17, 15) is 4.79 Å². The van der Waals surface area contributed by atoms with Crippen molar-refractivity contribution < 1.29 is 4.79 Å². The Morgan fingerprint density at radius 3 is 2.94 bits per heavy atom. The lowest BCUT2D eigenvalue weighted by Crippen LogP contribution is -2.38. The lowest BCUT2D eigenvalue weighted by atomic mass is 10.0. The topological polar surface area (TPSA) is 29.1 Å². The predicted octanol–water partition coefficient (Wildman–Crippen LogP) is 3.79. The first-order chi connectivity index (χ1) is 8.63. The van der Waals surface area contributed by atoms with Gasteiger partial charge >= 0.3 is 0 Å². The van der Waals surface area contributed by atoms with E-state index in [0.717, 1.165) is 24.8 Å². The number of halogens is 2. The number of hydrogen-bond acceptors (Lipinski definition) is 1. The summed E-state index contributed by atoms with van der Waals surface area (Å²) >= 11 is 11.9. The summed E-state index contributed by atoms with van der Waals surface area (Å²) in [7, 11) is 0. The molecule has 1 amide bonds. The fourth-order valence-corrected chi connectivity index (χ4v) is 3.06. The van der Waals surface area contributed by atoms with E-state index in [1.54, 1.807) is 18.2 Å². The minimum Gasteiger partial charge on any atom is -0.349 e. The Labute approximate surface area is 118 Å². The summed E-state index contributed by atoms with van der Waals surface area (Å²) in [5.74, 6) is 0.964. The van der Waals surface area contributed by atoms with Crippen LogP contribution in [0.3, 0.4) is 0 Å². The zero-order chi connectivity index (χ0) is 13.1. The van der Waals surface area contributed by atoms with Crippen LogP contribution in [0.2, 0.25) is 5.02 Å². The number of amides is 1. The van der Waals surface area contributed by atoms with Crippen LogP contribution in [0, 0.1) is 12.8 Å². The van der Waals surface area contributed by atoms with Crippen molar-refractivity contribution in [3.05, 3.63) is 34.3 Å². The molecule has 0 bridgehead atoms. The van der Waals surface area contributed by atoms with E-state index in [1.165, 1.54) is 0 Å². The summed E-state index contributed by atoms with van der Waals surface area (Å²) in [6.07, 6.45) is 3.25. The quantitative estimate of drug-likeness (QED) is 0.842. The predicted molar refractivity (Wildman–Crippen MR) is 75.5 cm³/mol. The molecule has 1 saturated carbocycles. The second-order valence-corrected chi connectivity index (χ2v) is 5.55. The van der Waals surface area contributed by atoms with Crippen molar-refractivity contribution in [2.75, 3.05) is 5.88 Å². The van der Waals surface area contributed by atoms with E-state index in [-0.39, 0.29) is 11.9 Å². The maximum atomic E-state index is 12.2. The average molecular weight is 286 g/mol. The van der Waals surface area contributed by atoms with Crippen LogP contribution >= 0.6 is 23.2 Å². The largest absolute Gasteiger partial charge is 0.349 e. The van der Waals surface area contributed by atoms with Gasteiger partial charge in [0.05, 0.1) is 0 Å². The van der Waals surface area contributed by atoms with Gasteiger partial charge in [-0.15, -0.1) is 11.6 Å². The maximum Gasteiger partial charge on any atom is 0.251 e. The van der Waals surface area contributed by atoms with E-state index in [4.69, 9.17) is 23.2 Å². The molecule has 1 fully saturated rings. The number of rotatable bonds is 3. The van der Waals surface area contributed by atoms with Gasteiger partial charge in [0.1, 0.15) is 0 Å². The third-order valence-electron chi connectivity index (χ3n) is 3.69. The van der Waals surface area contributed by atoms with Crippen LogP contribution in [0.25, 0.3) is 0 Å². The van der Waals surface area contributed by atoms with Crippen molar-refractivity contribution in [3.8, 4) is 0 Å². The van der Waals surface area contributed by atoms with Crippen LogP contribution in [0.1, 0.15) is 35.2 Å². The van der Waals surface area contributed by atoms with Crippen molar-refractivity contribution in [2.24, 2.45) is 5.92 Å². The Hall–Kier alpha value is -0.730. The highest BCUT2D eigenvalue weighted by Gasteiger charge is 2.28. The zero-order valence-electron chi connectivity index (χ0n) is 10.4. The lowest BCUT2D eigenvalue weighted by Gasteiger charge is -2.19. The minimum atomic E-state index is -0.0444. The van der Waals surface area contributed by atoms with Gasteiger partial charge in [-0.05, 0) is 43.4 Å². The van der Waals surface area contributed by atoms with Crippen molar-refractivity contribution in [1.82, 2.24) is 5.32 Å². The molecule has 1 aromatic rings. The van der Waals surface area contributed by atoms with Gasteiger partial charge < -0.3 is 5.32 Å². The molecule has 1 N–H and O–H groups in total. The highest BCUT2D eigenvalue weighted by atomic mass is 35.5. The molecule has 1 aliphatic rings. The molecule has 0 spiro atoms. The van der Waals surface area contributed by atoms with E-state index in [0.29, 0.717) is 22.4 Å². The molecule has 1 aliphatic carbocycles. The Bertz CT molecular complexity index is 447. The number of carbonyl (C=O) groups excluding carboxylic acids is 1. The summed E-state index contributed by atoms with van der Waals surface area (Å²) in [4.78, 5) is 12.2. The SMILES string of the molecule is Cc1c(Cl)cccc1C(=O)NC1CCCC1CCl. The fourth-order valence-electron chi connectivity index (χ4n) is 2.51. The second-order valence-electron chi connectivity index (χ2n) is 4.84. The third-order valence-corrected chi connectivity index (χ3v) is 4.49. The van der Waals surface area contributed by atoms with Gasteiger partial charge in [0.2, 0.25) is 0 Å². The number of alkyl halides is 1. The summed E-state index contributed by atoms with van der Waals surface area (Å²) in [6.45, 7) is 1.87. The van der Waals surface area contributed by atoms with E-state index >= 15 is 0 Å². The molecule has 0 aliphatic heterocycles. The molecular formula is C14H17Cl2NO. The zero-order valence-corrected chi connectivity index (χ0v) is 11.9. The molecule has 0 aromatic heterocycles. The third kappa shape index (κ3) is 2.81. The molecule has 1 aromatic carbocycles. The smallest absolute Gasteiger partial charge is 0.251 e. The van der Waals surface area contributed by atoms with Crippen molar-refractivity contribution in [1.29, 1.82) is 0 Å². The van der Waals surface area contributed by atoms with Crippen LogP contribution in [0.15, 0.2) is 18.2 Å². The molecule has 2 atom stereocenters. The molecular weight excluding hydrogens is 269 g/mol. The van der Waals surface area contributed by atoms with Crippen LogP contribution in [-0.2, 0) is 0 Å². The standard InChI is InChI=1S/C14H17Cl2NO/c1-9-11(5-3-6-12(9)16)14(18)17-13-7-2-4-10(13)8-15/h3,5-6,10,13H,2,4,7-8H2,1H3,(H,17,18). The Balaban J connectivity index is 2.10. The molecule has 98 valence electrons. The van der Waals surface area contributed by atoms with Gasteiger partial charge in [-0.2, -0.15) is 0 Å². The highest BCUT2D eigenvalue weighted by molar-refractivity contribution is 6.31. The van der Waals surface area contributed by atoms with E-state index < -0.39 is 0 Å². The van der Waals surface area contributed by atoms with Crippen molar-refractivity contribution in [2.45, 2.75) is 32.2 Å². The summed E-state index contributed by atoms with van der Waals surface area (Å²) < 4.78 is 0. The first-order valence-electron chi connectivity index (χ1n) is 6.25. The number of carbonyl (C=O) groups is 1. The minimum absolute atomic E-state index is 0.0444. The molecule has 2 nitrogen and oxygen atoms in total. The maximum absolute atomic E-state index is 12.2. The van der Waals surface area contributed by atoms with Gasteiger partial charge in [-0.3, -0.25) is 4.79 Å².